The van der Waals surface area contributed by atoms with E-state index >= 15 is 0 Å². The van der Waals surface area contributed by atoms with Crippen molar-refractivity contribution in [2.75, 3.05) is 20.3 Å². The molecule has 0 amide bonds. The second-order valence-corrected chi connectivity index (χ2v) is 16.5. The Morgan fingerprint density at radius 2 is 0.682 bits per heavy atom. The number of hydrogen-bond donors (Lipinski definition) is 1. The van der Waals surface area contributed by atoms with Crippen molar-refractivity contribution in [1.82, 2.24) is 0 Å². The summed E-state index contributed by atoms with van der Waals surface area (Å²) in [4.78, 5) is 0. The number of aliphatic hydroxyl groups is 1. The van der Waals surface area contributed by atoms with Gasteiger partial charge in [-0.05, 0) is 33.4 Å². The third-order valence-corrected chi connectivity index (χ3v) is 11.7. The van der Waals surface area contributed by atoms with Crippen LogP contribution in [0.2, 0.25) is 0 Å². The van der Waals surface area contributed by atoms with Gasteiger partial charge >= 0.3 is 0 Å². The average molecular weight is 897 g/mol. The summed E-state index contributed by atoms with van der Waals surface area (Å²) in [7, 11) is 1.55. The number of benzene rings is 6. The minimum Gasteiger partial charge on any atom is -0.387 e. The number of ether oxygens (including phenoxy) is 10. The second-order valence-electron chi connectivity index (χ2n) is 16.5. The Morgan fingerprint density at radius 3 is 1.09 bits per heavy atom. The van der Waals surface area contributed by atoms with Crippen LogP contribution in [0.25, 0.3) is 0 Å². The average Bonchev–Trinajstić information content (AvgIpc) is 3.37. The Hall–Kier alpha value is -5.12. The molecule has 0 saturated carbocycles. The fourth-order valence-corrected chi connectivity index (χ4v) is 8.19. The number of methoxy groups -OCH3 is 1. The lowest BCUT2D eigenvalue weighted by molar-refractivity contribution is -0.348. The Labute approximate surface area is 388 Å². The van der Waals surface area contributed by atoms with Crippen LogP contribution in [-0.4, -0.2) is 86.8 Å². The zero-order valence-electron chi connectivity index (χ0n) is 37.3. The van der Waals surface area contributed by atoms with Gasteiger partial charge in [-0.1, -0.05) is 182 Å². The molecule has 2 saturated heterocycles. The van der Waals surface area contributed by atoms with Gasteiger partial charge in [-0.25, -0.2) is 0 Å². The Bertz CT molecular complexity index is 2220. The molecule has 2 heterocycles. The monoisotopic (exact) mass is 896 g/mol. The van der Waals surface area contributed by atoms with Crippen molar-refractivity contribution in [3.8, 4) is 0 Å². The third-order valence-electron chi connectivity index (χ3n) is 11.7. The maximum absolute atomic E-state index is 12.2. The smallest absolute Gasteiger partial charge is 0.187 e. The summed E-state index contributed by atoms with van der Waals surface area (Å²) in [6.45, 7) is 1.71. The highest BCUT2D eigenvalue weighted by Crippen LogP contribution is 2.34. The first-order valence-corrected chi connectivity index (χ1v) is 22.6. The molecular formula is C55H60O11. The zero-order valence-corrected chi connectivity index (χ0v) is 37.3. The Balaban J connectivity index is 1.08. The van der Waals surface area contributed by atoms with Gasteiger partial charge in [-0.15, -0.1) is 0 Å². The van der Waals surface area contributed by atoms with Gasteiger partial charge in [0.05, 0.1) is 52.9 Å². The van der Waals surface area contributed by atoms with Crippen molar-refractivity contribution in [2.24, 2.45) is 0 Å². The molecule has 6 aromatic carbocycles. The molecule has 346 valence electrons. The molecule has 66 heavy (non-hydrogen) atoms. The molecule has 2 aliphatic rings. The van der Waals surface area contributed by atoms with Crippen molar-refractivity contribution in [3.63, 3.8) is 0 Å². The van der Waals surface area contributed by atoms with Gasteiger partial charge in [0.2, 0.25) is 0 Å². The molecule has 11 nitrogen and oxygen atoms in total. The van der Waals surface area contributed by atoms with Gasteiger partial charge < -0.3 is 52.5 Å². The maximum atomic E-state index is 12.2. The van der Waals surface area contributed by atoms with Crippen LogP contribution in [0.5, 0.6) is 0 Å². The molecule has 8 rings (SSSR count). The summed E-state index contributed by atoms with van der Waals surface area (Å²) < 4.78 is 66.0. The molecule has 2 aliphatic heterocycles. The van der Waals surface area contributed by atoms with Crippen LogP contribution in [0.15, 0.2) is 182 Å². The lowest BCUT2D eigenvalue weighted by atomic mass is 9.97. The van der Waals surface area contributed by atoms with Crippen molar-refractivity contribution in [3.05, 3.63) is 215 Å². The predicted octanol–water partition coefficient (Wildman–Crippen LogP) is 8.60. The van der Waals surface area contributed by atoms with Gasteiger partial charge in [0, 0.05) is 7.11 Å². The third kappa shape index (κ3) is 13.5. The van der Waals surface area contributed by atoms with E-state index in [2.05, 4.69) is 0 Å². The van der Waals surface area contributed by atoms with Crippen LogP contribution in [0, 0.1) is 0 Å². The molecular weight excluding hydrogens is 837 g/mol. The summed E-state index contributed by atoms with van der Waals surface area (Å²) in [6.07, 6.45) is -8.50. The maximum Gasteiger partial charge on any atom is 0.187 e. The first kappa shape index (κ1) is 47.4. The fourth-order valence-electron chi connectivity index (χ4n) is 8.19. The molecule has 0 radical (unpaired) electrons. The highest BCUT2D eigenvalue weighted by Gasteiger charge is 2.51. The van der Waals surface area contributed by atoms with Gasteiger partial charge in [0.1, 0.15) is 48.8 Å². The van der Waals surface area contributed by atoms with Crippen molar-refractivity contribution >= 4 is 0 Å². The van der Waals surface area contributed by atoms with E-state index in [9.17, 15) is 5.11 Å². The van der Waals surface area contributed by atoms with E-state index in [0.717, 1.165) is 33.4 Å². The van der Waals surface area contributed by atoms with Gasteiger partial charge in [0.25, 0.3) is 0 Å². The van der Waals surface area contributed by atoms with Crippen molar-refractivity contribution < 1.29 is 52.5 Å². The number of rotatable bonds is 23. The van der Waals surface area contributed by atoms with E-state index in [0.29, 0.717) is 13.2 Å². The number of aliphatic hydroxyl groups excluding tert-OH is 1. The van der Waals surface area contributed by atoms with Crippen molar-refractivity contribution in [1.29, 1.82) is 0 Å². The molecule has 11 heteroatoms. The van der Waals surface area contributed by atoms with E-state index in [1.165, 1.54) is 0 Å². The summed E-state index contributed by atoms with van der Waals surface area (Å²) >= 11 is 0. The first-order chi connectivity index (χ1) is 32.6. The van der Waals surface area contributed by atoms with Crippen LogP contribution >= 0.6 is 0 Å². The molecule has 1 N–H and O–H groups in total. The first-order valence-electron chi connectivity index (χ1n) is 22.6. The summed E-state index contributed by atoms with van der Waals surface area (Å²) in [5, 5.41) is 12.2. The SMILES string of the molecule is CO[C@H]1O[C@H](CO[C@@H]2O[C@H](COCc3ccccc3)[C@H](OCc3ccccc3)[C@H](OCc3ccccc3)[C@H]2OCc2ccccc2)[C@H](O)[C@H](OCc2ccccc2)[C@H]1OCc1ccccc1. The molecule has 10 atom stereocenters. The van der Waals surface area contributed by atoms with E-state index in [1.807, 2.05) is 182 Å². The van der Waals surface area contributed by atoms with Crippen LogP contribution in [-0.2, 0) is 87.0 Å². The van der Waals surface area contributed by atoms with E-state index in [1.54, 1.807) is 7.11 Å². The molecule has 0 unspecified atom stereocenters. The molecule has 0 aromatic heterocycles. The van der Waals surface area contributed by atoms with Crippen LogP contribution < -0.4 is 0 Å². The van der Waals surface area contributed by atoms with Crippen LogP contribution in [0.3, 0.4) is 0 Å². The molecule has 0 bridgehead atoms. The fraction of sp³-hybridized carbons (Fsp3) is 0.345. The zero-order chi connectivity index (χ0) is 45.2. The summed E-state index contributed by atoms with van der Waals surface area (Å²) in [6, 6.07) is 59.5. The van der Waals surface area contributed by atoms with Crippen LogP contribution in [0.4, 0.5) is 0 Å². The largest absolute Gasteiger partial charge is 0.387 e. The standard InChI is InChI=1S/C55H60O11/c1-57-54-52(62-36-44-28-16-6-17-29-44)50(60-34-42-24-12-4-13-25-42)48(56)46(65-54)39-64-55-53(63-37-45-30-18-7-19-31-45)51(61-35-43-26-14-5-15-27-43)49(59-33-41-22-10-3-11-23-41)47(66-55)38-58-32-40-20-8-2-9-21-40/h2-31,46-56H,32-39H2,1H3/t46-,47-,48+,49+,50+,51+,52-,53-,54+,55-/m1/s1. The van der Waals surface area contributed by atoms with E-state index in [-0.39, 0.29) is 39.6 Å². The lowest BCUT2D eigenvalue weighted by Gasteiger charge is -2.47. The minimum atomic E-state index is -1.19. The van der Waals surface area contributed by atoms with Crippen LogP contribution in [0.1, 0.15) is 33.4 Å². The summed E-state index contributed by atoms with van der Waals surface area (Å²) in [5.74, 6) is 0. The van der Waals surface area contributed by atoms with Crippen molar-refractivity contribution in [2.45, 2.75) is 101 Å². The predicted molar refractivity (Wildman–Crippen MR) is 247 cm³/mol. The summed E-state index contributed by atoms with van der Waals surface area (Å²) in [5.41, 5.74) is 5.87. The highest BCUT2D eigenvalue weighted by molar-refractivity contribution is 5.18. The molecule has 6 aromatic rings. The Morgan fingerprint density at radius 1 is 0.348 bits per heavy atom. The highest BCUT2D eigenvalue weighted by atomic mass is 16.7. The quantitative estimate of drug-likeness (QED) is 0.0668. The normalized spacial score (nSPS) is 25.4. The van der Waals surface area contributed by atoms with Gasteiger partial charge in [0.15, 0.2) is 12.6 Å². The lowest BCUT2D eigenvalue weighted by Crippen LogP contribution is -2.63. The molecule has 0 spiro atoms. The minimum absolute atomic E-state index is 0.119. The van der Waals surface area contributed by atoms with E-state index in [4.69, 9.17) is 47.4 Å². The topological polar surface area (TPSA) is 113 Å². The van der Waals surface area contributed by atoms with E-state index < -0.39 is 61.4 Å². The number of hydrogen-bond acceptors (Lipinski definition) is 11. The Kier molecular flexibility index (Phi) is 18.0. The van der Waals surface area contributed by atoms with Gasteiger partial charge in [-0.2, -0.15) is 0 Å². The molecule has 2 fully saturated rings. The molecule has 0 aliphatic carbocycles. The van der Waals surface area contributed by atoms with Gasteiger partial charge in [-0.3, -0.25) is 0 Å². The second kappa shape index (κ2) is 25.1.